The minimum Gasteiger partial charge on any atom is -0.506 e. The molecule has 3 aromatic heterocycles. The number of H-pyrrole nitrogens is 2. The molecule has 1 fully saturated rings. The second-order valence-electron chi connectivity index (χ2n) is 10.7. The van der Waals surface area contributed by atoms with Crippen LogP contribution in [-0.2, 0) is 19.4 Å². The molecule has 4 aromatic rings. The molecule has 10 heteroatoms. The van der Waals surface area contributed by atoms with Gasteiger partial charge in [-0.3, -0.25) is 19.4 Å². The highest BCUT2D eigenvalue weighted by Crippen LogP contribution is 2.29. The Morgan fingerprint density at radius 3 is 2.63 bits per heavy atom. The van der Waals surface area contributed by atoms with Crippen molar-refractivity contribution in [3.63, 3.8) is 0 Å². The molecule has 1 aliphatic carbocycles. The number of aromatic amines is 2. The Labute approximate surface area is 237 Å². The van der Waals surface area contributed by atoms with Crippen molar-refractivity contribution >= 4 is 22.7 Å². The summed E-state index contributed by atoms with van der Waals surface area (Å²) in [4.78, 5) is 45.7. The lowest BCUT2D eigenvalue weighted by Gasteiger charge is -2.26. The molecule has 3 N–H and O–H groups in total. The number of aliphatic hydroxyl groups excluding tert-OH is 1. The summed E-state index contributed by atoms with van der Waals surface area (Å²) in [5, 5.41) is 14.9. The SMILES string of the molecule is CCc1cnc(C2C=Cc3[nH]c(=O)c(-c4cccc5c(=O)n(CCN6CCCCC6)[nH]c45)nc3C(O)=C2)nc1CC. The van der Waals surface area contributed by atoms with Crippen molar-refractivity contribution in [1.29, 1.82) is 0 Å². The number of hydrogen-bond donors (Lipinski definition) is 3. The summed E-state index contributed by atoms with van der Waals surface area (Å²) >= 11 is 0. The zero-order valence-corrected chi connectivity index (χ0v) is 23.5. The number of aryl methyl sites for hydroxylation is 2. The van der Waals surface area contributed by atoms with E-state index in [0.29, 0.717) is 34.5 Å². The third kappa shape index (κ3) is 5.15. The zero-order valence-electron chi connectivity index (χ0n) is 23.5. The van der Waals surface area contributed by atoms with Crippen LogP contribution in [0.2, 0.25) is 0 Å². The molecule has 0 saturated carbocycles. The first kappa shape index (κ1) is 26.9. The highest BCUT2D eigenvalue weighted by Gasteiger charge is 2.22. The van der Waals surface area contributed by atoms with Crippen LogP contribution in [0.15, 0.2) is 46.1 Å². The van der Waals surface area contributed by atoms with E-state index in [1.165, 1.54) is 19.3 Å². The number of nitrogens with zero attached hydrogens (tertiary/aromatic N) is 5. The van der Waals surface area contributed by atoms with Crippen molar-refractivity contribution in [2.75, 3.05) is 19.6 Å². The number of aliphatic hydroxyl groups is 1. The fourth-order valence-electron chi connectivity index (χ4n) is 5.81. The van der Waals surface area contributed by atoms with Crippen molar-refractivity contribution in [2.45, 2.75) is 58.4 Å². The van der Waals surface area contributed by atoms with Gasteiger partial charge in [-0.25, -0.2) is 15.0 Å². The number of aromatic nitrogens is 6. The summed E-state index contributed by atoms with van der Waals surface area (Å²) in [6, 6.07) is 5.28. The van der Waals surface area contributed by atoms with E-state index in [1.807, 2.05) is 12.3 Å². The molecule has 41 heavy (non-hydrogen) atoms. The number of benzene rings is 1. The maximum Gasteiger partial charge on any atom is 0.275 e. The number of hydrogen-bond acceptors (Lipinski definition) is 7. The molecule has 1 aliphatic heterocycles. The summed E-state index contributed by atoms with van der Waals surface area (Å²) in [6.45, 7) is 7.57. The minimum absolute atomic E-state index is 0.0755. The smallest absolute Gasteiger partial charge is 0.275 e. The largest absolute Gasteiger partial charge is 0.506 e. The summed E-state index contributed by atoms with van der Waals surface area (Å²) in [6.07, 6.45) is 12.4. The molecule has 4 heterocycles. The van der Waals surface area contributed by atoms with Crippen molar-refractivity contribution in [1.82, 2.24) is 34.6 Å². The van der Waals surface area contributed by atoms with Crippen LogP contribution in [0.25, 0.3) is 34.0 Å². The monoisotopic (exact) mass is 553 g/mol. The van der Waals surface area contributed by atoms with Gasteiger partial charge in [0.25, 0.3) is 11.1 Å². The number of allylic oxidation sites excluding steroid dienone is 2. The first-order valence-electron chi connectivity index (χ1n) is 14.5. The molecule has 1 aromatic carbocycles. The van der Waals surface area contributed by atoms with E-state index < -0.39 is 5.56 Å². The molecule has 1 unspecified atom stereocenters. The molecule has 10 nitrogen and oxygen atoms in total. The van der Waals surface area contributed by atoms with E-state index in [9.17, 15) is 14.7 Å². The molecular weight excluding hydrogens is 518 g/mol. The second-order valence-corrected chi connectivity index (χ2v) is 10.7. The van der Waals surface area contributed by atoms with E-state index in [2.05, 4.69) is 38.8 Å². The first-order chi connectivity index (χ1) is 20.0. The zero-order chi connectivity index (χ0) is 28.5. The molecule has 0 amide bonds. The molecular formula is C31H35N7O3. The van der Waals surface area contributed by atoms with Crippen LogP contribution in [0.3, 0.4) is 0 Å². The van der Waals surface area contributed by atoms with Crippen molar-refractivity contribution in [3.05, 3.63) is 85.7 Å². The van der Waals surface area contributed by atoms with Gasteiger partial charge in [-0.05, 0) is 62.6 Å². The van der Waals surface area contributed by atoms with Crippen LogP contribution >= 0.6 is 0 Å². The normalized spacial score (nSPS) is 17.4. The summed E-state index contributed by atoms with van der Waals surface area (Å²) in [5.41, 5.74) is 3.39. The summed E-state index contributed by atoms with van der Waals surface area (Å²) in [7, 11) is 0. The Balaban J connectivity index is 1.36. The van der Waals surface area contributed by atoms with Gasteiger partial charge in [-0.15, -0.1) is 0 Å². The standard InChI is InChI=1S/C31H35N7O3/c1-3-19-18-32-29(33-23(19)4-2)20-11-12-24-28(25(39)17-20)35-27(30(40)34-24)21-9-8-10-22-26(21)36-38(31(22)41)16-15-37-13-6-5-7-14-37/h8-12,17-18,20,36,39H,3-7,13-16H2,1-2H3,(H,34,40). The Kier molecular flexibility index (Phi) is 7.40. The van der Waals surface area contributed by atoms with Gasteiger partial charge < -0.3 is 15.0 Å². The fourth-order valence-corrected chi connectivity index (χ4v) is 5.81. The predicted molar refractivity (Wildman–Crippen MR) is 160 cm³/mol. The number of likely N-dealkylation sites (tertiary alicyclic amines) is 1. The van der Waals surface area contributed by atoms with E-state index in [0.717, 1.165) is 43.7 Å². The van der Waals surface area contributed by atoms with Crippen LogP contribution in [0.1, 0.15) is 67.5 Å². The third-order valence-corrected chi connectivity index (χ3v) is 8.11. The first-order valence-corrected chi connectivity index (χ1v) is 14.5. The molecule has 0 radical (unpaired) electrons. The number of para-hydroxylation sites is 1. The van der Waals surface area contributed by atoms with Gasteiger partial charge in [0.1, 0.15) is 23.0 Å². The van der Waals surface area contributed by atoms with E-state index in [4.69, 9.17) is 4.98 Å². The lowest BCUT2D eigenvalue weighted by Crippen LogP contribution is -2.34. The van der Waals surface area contributed by atoms with Gasteiger partial charge in [-0.1, -0.05) is 38.5 Å². The van der Waals surface area contributed by atoms with Crippen molar-refractivity contribution in [3.8, 4) is 11.3 Å². The number of nitrogens with one attached hydrogen (secondary N) is 2. The Hall–Kier alpha value is -4.31. The van der Waals surface area contributed by atoms with Crippen molar-refractivity contribution in [2.24, 2.45) is 0 Å². The Bertz CT molecular complexity index is 1770. The fraction of sp³-hybridized carbons (Fsp3) is 0.387. The van der Waals surface area contributed by atoms with E-state index in [-0.39, 0.29) is 28.6 Å². The van der Waals surface area contributed by atoms with Crippen LogP contribution in [0.5, 0.6) is 0 Å². The summed E-state index contributed by atoms with van der Waals surface area (Å²) in [5.74, 6) is 0.111. The van der Waals surface area contributed by atoms with Gasteiger partial charge in [-0.2, -0.15) is 0 Å². The Morgan fingerprint density at radius 1 is 1.02 bits per heavy atom. The van der Waals surface area contributed by atoms with E-state index in [1.54, 1.807) is 35.0 Å². The maximum atomic E-state index is 13.3. The van der Waals surface area contributed by atoms with Crippen LogP contribution in [0.4, 0.5) is 0 Å². The van der Waals surface area contributed by atoms with Crippen LogP contribution in [0, 0.1) is 0 Å². The number of fused-ring (bicyclic) bond motifs is 2. The Morgan fingerprint density at radius 2 is 1.85 bits per heavy atom. The molecule has 0 bridgehead atoms. The number of piperidine rings is 1. The molecule has 6 rings (SSSR count). The van der Waals surface area contributed by atoms with E-state index >= 15 is 0 Å². The molecule has 212 valence electrons. The highest BCUT2D eigenvalue weighted by molar-refractivity contribution is 5.92. The average molecular weight is 554 g/mol. The van der Waals surface area contributed by atoms with Crippen LogP contribution < -0.4 is 11.1 Å². The maximum absolute atomic E-state index is 13.3. The molecule has 0 spiro atoms. The molecule has 2 aliphatic rings. The third-order valence-electron chi connectivity index (χ3n) is 8.11. The van der Waals surface area contributed by atoms with Crippen LogP contribution in [-0.4, -0.2) is 59.4 Å². The average Bonchev–Trinajstić information content (AvgIpc) is 3.24. The lowest BCUT2D eigenvalue weighted by molar-refractivity contribution is 0.217. The quantitative estimate of drug-likeness (QED) is 0.313. The van der Waals surface area contributed by atoms with Gasteiger partial charge in [0.15, 0.2) is 0 Å². The molecule has 1 atom stereocenters. The topological polar surface area (TPSA) is 133 Å². The molecule has 1 saturated heterocycles. The van der Waals surface area contributed by atoms with Gasteiger partial charge in [0, 0.05) is 24.0 Å². The predicted octanol–water partition coefficient (Wildman–Crippen LogP) is 4.19. The van der Waals surface area contributed by atoms with Gasteiger partial charge in [0.05, 0.1) is 29.1 Å². The van der Waals surface area contributed by atoms with Gasteiger partial charge >= 0.3 is 0 Å². The minimum atomic E-state index is -0.411. The van der Waals surface area contributed by atoms with Crippen molar-refractivity contribution < 1.29 is 5.11 Å². The highest BCUT2D eigenvalue weighted by atomic mass is 16.3. The lowest BCUT2D eigenvalue weighted by atomic mass is 10.1. The number of rotatable bonds is 7. The van der Waals surface area contributed by atoms with Gasteiger partial charge in [0.2, 0.25) is 0 Å². The summed E-state index contributed by atoms with van der Waals surface area (Å²) < 4.78 is 1.61. The second kappa shape index (κ2) is 11.3.